The number of imidazole rings is 1. The number of carbonyl (C=O) groups excluding carboxylic acids is 2. The van der Waals surface area contributed by atoms with E-state index in [9.17, 15) is 14.7 Å². The first-order valence-corrected chi connectivity index (χ1v) is 6.27. The van der Waals surface area contributed by atoms with E-state index in [1.807, 2.05) is 10.8 Å². The molecule has 1 unspecified atom stereocenters. The second-order valence-electron chi connectivity index (χ2n) is 4.66. The highest BCUT2D eigenvalue weighted by molar-refractivity contribution is 5.74. The molecule has 1 atom stereocenters. The molecule has 0 fully saturated rings. The monoisotopic (exact) mass is 284 g/mol. The van der Waals surface area contributed by atoms with Crippen molar-refractivity contribution in [3.63, 3.8) is 0 Å². The molecule has 20 heavy (non-hydrogen) atoms. The summed E-state index contributed by atoms with van der Waals surface area (Å²) in [6.07, 6.45) is 6.00. The van der Waals surface area contributed by atoms with Gasteiger partial charge in [0.15, 0.2) is 0 Å². The van der Waals surface area contributed by atoms with E-state index in [2.05, 4.69) is 20.4 Å². The molecule has 1 heterocycles. The normalized spacial score (nSPS) is 13.3. The van der Waals surface area contributed by atoms with Crippen LogP contribution in [0, 0.1) is 0 Å². The Morgan fingerprint density at radius 1 is 1.60 bits per heavy atom. The molecule has 0 saturated carbocycles. The van der Waals surface area contributed by atoms with Crippen molar-refractivity contribution in [3.8, 4) is 0 Å². The van der Waals surface area contributed by atoms with Gasteiger partial charge in [0.05, 0.1) is 18.5 Å². The molecule has 0 aliphatic carbocycles. The number of hydrogen-bond acceptors (Lipinski definition) is 5. The van der Waals surface area contributed by atoms with Gasteiger partial charge in [-0.25, -0.2) is 9.78 Å². The summed E-state index contributed by atoms with van der Waals surface area (Å²) in [5.74, 6) is 0. The maximum Gasteiger partial charge on any atom is 0.315 e. The molecular weight excluding hydrogens is 264 g/mol. The first-order chi connectivity index (χ1) is 9.59. The Balaban J connectivity index is 2.22. The van der Waals surface area contributed by atoms with Crippen LogP contribution in [0.4, 0.5) is 4.79 Å². The van der Waals surface area contributed by atoms with Gasteiger partial charge in [0.25, 0.3) is 6.47 Å². The maximum atomic E-state index is 11.6. The van der Waals surface area contributed by atoms with Crippen LogP contribution in [0.3, 0.4) is 0 Å². The number of hydrogen-bond donors (Lipinski definition) is 3. The number of aliphatic hydroxyl groups is 1. The quantitative estimate of drug-likeness (QED) is 0.418. The number of aromatic nitrogens is 2. The molecule has 112 valence electrons. The highest BCUT2D eigenvalue weighted by Gasteiger charge is 2.26. The van der Waals surface area contributed by atoms with Gasteiger partial charge in [0.1, 0.15) is 6.61 Å². The van der Waals surface area contributed by atoms with Crippen LogP contribution >= 0.6 is 0 Å². The van der Waals surface area contributed by atoms with E-state index < -0.39 is 11.6 Å². The zero-order valence-electron chi connectivity index (χ0n) is 11.4. The molecule has 1 aromatic rings. The molecule has 0 spiro atoms. The summed E-state index contributed by atoms with van der Waals surface area (Å²) in [6.45, 7) is 2.69. The highest BCUT2D eigenvalue weighted by atomic mass is 16.5. The van der Waals surface area contributed by atoms with Gasteiger partial charge in [-0.2, -0.15) is 0 Å². The van der Waals surface area contributed by atoms with Crippen molar-refractivity contribution >= 4 is 12.5 Å². The molecule has 8 heteroatoms. The predicted octanol–water partition coefficient (Wildman–Crippen LogP) is -0.504. The Morgan fingerprint density at radius 2 is 2.40 bits per heavy atom. The van der Waals surface area contributed by atoms with E-state index in [1.165, 1.54) is 0 Å². The third-order valence-corrected chi connectivity index (χ3v) is 2.67. The first-order valence-electron chi connectivity index (χ1n) is 6.27. The summed E-state index contributed by atoms with van der Waals surface area (Å²) < 4.78 is 6.48. The van der Waals surface area contributed by atoms with E-state index in [-0.39, 0.29) is 19.7 Å². The van der Waals surface area contributed by atoms with Crippen LogP contribution in [0.2, 0.25) is 0 Å². The lowest BCUT2D eigenvalue weighted by Crippen LogP contribution is -2.55. The Morgan fingerprint density at radius 3 is 3.00 bits per heavy atom. The van der Waals surface area contributed by atoms with Gasteiger partial charge in [-0.3, -0.25) is 4.79 Å². The van der Waals surface area contributed by atoms with Crippen molar-refractivity contribution in [2.24, 2.45) is 0 Å². The van der Waals surface area contributed by atoms with E-state index in [0.29, 0.717) is 6.54 Å². The topological polar surface area (TPSA) is 105 Å². The molecular formula is C12H20N4O4. The van der Waals surface area contributed by atoms with Crippen molar-refractivity contribution in [2.45, 2.75) is 25.4 Å². The fraction of sp³-hybridized carbons (Fsp3) is 0.583. The zero-order valence-corrected chi connectivity index (χ0v) is 11.4. The summed E-state index contributed by atoms with van der Waals surface area (Å²) in [6, 6.07) is -0.415. The van der Waals surface area contributed by atoms with Gasteiger partial charge >= 0.3 is 6.03 Å². The van der Waals surface area contributed by atoms with Crippen LogP contribution in [0.25, 0.3) is 0 Å². The van der Waals surface area contributed by atoms with Crippen LogP contribution in [-0.4, -0.2) is 52.5 Å². The van der Waals surface area contributed by atoms with Crippen molar-refractivity contribution in [2.75, 3.05) is 19.8 Å². The lowest BCUT2D eigenvalue weighted by Gasteiger charge is -2.27. The number of aryl methyl sites for hydroxylation is 1. The lowest BCUT2D eigenvalue weighted by atomic mass is 10.1. The zero-order chi connectivity index (χ0) is 14.8. The molecule has 0 aliphatic rings. The van der Waals surface area contributed by atoms with Crippen LogP contribution in [0.5, 0.6) is 0 Å². The van der Waals surface area contributed by atoms with Crippen molar-refractivity contribution in [3.05, 3.63) is 18.7 Å². The first kappa shape index (κ1) is 16.0. The van der Waals surface area contributed by atoms with Crippen molar-refractivity contribution in [1.29, 1.82) is 0 Å². The average Bonchev–Trinajstić information content (AvgIpc) is 2.94. The van der Waals surface area contributed by atoms with Gasteiger partial charge in [0, 0.05) is 25.5 Å². The van der Waals surface area contributed by atoms with Crippen LogP contribution in [-0.2, 0) is 16.1 Å². The van der Waals surface area contributed by atoms with Gasteiger partial charge in [-0.15, -0.1) is 0 Å². The minimum Gasteiger partial charge on any atom is -0.465 e. The predicted molar refractivity (Wildman–Crippen MR) is 70.9 cm³/mol. The third kappa shape index (κ3) is 5.70. The van der Waals surface area contributed by atoms with E-state index >= 15 is 0 Å². The number of carbonyl (C=O) groups is 2. The third-order valence-electron chi connectivity index (χ3n) is 2.67. The Kier molecular flexibility index (Phi) is 6.51. The number of aliphatic hydroxyl groups excluding tert-OH is 1. The van der Waals surface area contributed by atoms with Crippen LogP contribution < -0.4 is 10.6 Å². The highest BCUT2D eigenvalue weighted by Crippen LogP contribution is 2.02. The Bertz CT molecular complexity index is 410. The van der Waals surface area contributed by atoms with E-state index in [0.717, 1.165) is 13.0 Å². The molecule has 1 aromatic heterocycles. The molecule has 3 N–H and O–H groups in total. The second kappa shape index (κ2) is 8.16. The van der Waals surface area contributed by atoms with Gasteiger partial charge in [-0.05, 0) is 13.3 Å². The summed E-state index contributed by atoms with van der Waals surface area (Å²) in [5, 5.41) is 14.4. The van der Waals surface area contributed by atoms with Crippen LogP contribution in [0.15, 0.2) is 18.7 Å². The number of nitrogens with one attached hydrogen (secondary N) is 2. The van der Waals surface area contributed by atoms with Crippen molar-refractivity contribution < 1.29 is 19.4 Å². The number of ether oxygens (including phenoxy) is 1. The Labute approximate surface area is 117 Å². The van der Waals surface area contributed by atoms with Crippen molar-refractivity contribution in [1.82, 2.24) is 20.2 Å². The molecule has 0 bridgehead atoms. The van der Waals surface area contributed by atoms with Gasteiger partial charge in [0.2, 0.25) is 0 Å². The van der Waals surface area contributed by atoms with Crippen LogP contribution in [0.1, 0.15) is 13.3 Å². The molecule has 8 nitrogen and oxygen atoms in total. The second-order valence-corrected chi connectivity index (χ2v) is 4.66. The summed E-state index contributed by atoms with van der Waals surface area (Å²) in [7, 11) is 0. The minimum atomic E-state index is -0.991. The number of urea groups is 1. The lowest BCUT2D eigenvalue weighted by molar-refractivity contribution is -0.131. The molecule has 0 aromatic carbocycles. The van der Waals surface area contributed by atoms with Gasteiger partial charge < -0.3 is 25.0 Å². The van der Waals surface area contributed by atoms with E-state index in [1.54, 1.807) is 19.4 Å². The standard InChI is InChI=1S/C12H20N4O4/c1-12(7-17,8-20-10-18)15-11(19)14-3-2-5-16-6-4-13-9-16/h4,6,9-10,17H,2-3,5,7-8H2,1H3,(H2,14,15,19). The minimum absolute atomic E-state index is 0.0878. The number of nitrogens with zero attached hydrogens (tertiary/aromatic N) is 2. The maximum absolute atomic E-state index is 11.6. The van der Waals surface area contributed by atoms with E-state index in [4.69, 9.17) is 0 Å². The molecule has 0 radical (unpaired) electrons. The molecule has 0 saturated heterocycles. The summed E-state index contributed by atoms with van der Waals surface area (Å²) in [4.78, 5) is 25.7. The average molecular weight is 284 g/mol. The largest absolute Gasteiger partial charge is 0.465 e. The molecule has 0 aliphatic heterocycles. The fourth-order valence-corrected chi connectivity index (χ4v) is 1.54. The van der Waals surface area contributed by atoms with Gasteiger partial charge in [-0.1, -0.05) is 0 Å². The Hall–Kier alpha value is -2.09. The smallest absolute Gasteiger partial charge is 0.315 e. The number of amides is 2. The number of rotatable bonds is 9. The molecule has 2 amide bonds. The summed E-state index contributed by atoms with van der Waals surface area (Å²) >= 11 is 0. The summed E-state index contributed by atoms with van der Waals surface area (Å²) in [5.41, 5.74) is -0.991. The fourth-order valence-electron chi connectivity index (χ4n) is 1.54. The molecule has 1 rings (SSSR count). The SMILES string of the molecule is CC(CO)(COC=O)NC(=O)NCCCn1ccnc1.